The summed E-state index contributed by atoms with van der Waals surface area (Å²) in [6.07, 6.45) is 2.31. The van der Waals surface area contributed by atoms with E-state index in [0.717, 1.165) is 11.4 Å². The summed E-state index contributed by atoms with van der Waals surface area (Å²) in [6.45, 7) is 5.98. The lowest BCUT2D eigenvalue weighted by Gasteiger charge is -2.48. The second-order valence-corrected chi connectivity index (χ2v) is 4.77. The van der Waals surface area contributed by atoms with E-state index < -0.39 is 0 Å². The van der Waals surface area contributed by atoms with E-state index in [9.17, 15) is 5.11 Å². The van der Waals surface area contributed by atoms with Crippen LogP contribution in [0, 0.1) is 12.3 Å². The number of pyridine rings is 1. The molecule has 1 aromatic heterocycles. The number of hydrogen-bond donors (Lipinski definition) is 1. The highest BCUT2D eigenvalue weighted by Gasteiger charge is 2.49. The highest BCUT2D eigenvalue weighted by Crippen LogP contribution is 2.43. The molecular formula is C12H17NO2. The van der Waals surface area contributed by atoms with Crippen LogP contribution in [-0.4, -0.2) is 22.3 Å². The van der Waals surface area contributed by atoms with Crippen LogP contribution in [0.4, 0.5) is 0 Å². The van der Waals surface area contributed by atoms with Gasteiger partial charge < -0.3 is 9.84 Å². The van der Waals surface area contributed by atoms with E-state index >= 15 is 0 Å². The predicted octanol–water partition coefficient (Wildman–Crippen LogP) is 1.93. The molecule has 3 heteroatoms. The van der Waals surface area contributed by atoms with Crippen molar-refractivity contribution >= 4 is 0 Å². The van der Waals surface area contributed by atoms with Crippen LogP contribution in [0.25, 0.3) is 0 Å². The van der Waals surface area contributed by atoms with Crippen molar-refractivity contribution < 1.29 is 9.84 Å². The molecule has 0 spiro atoms. The highest BCUT2D eigenvalue weighted by atomic mass is 16.5. The summed E-state index contributed by atoms with van der Waals surface area (Å²) in [4.78, 5) is 4.17. The first-order chi connectivity index (χ1) is 7.01. The second kappa shape index (κ2) is 3.49. The summed E-state index contributed by atoms with van der Waals surface area (Å²) in [5.74, 6) is 0.822. The van der Waals surface area contributed by atoms with Crippen LogP contribution < -0.4 is 4.74 Å². The minimum absolute atomic E-state index is 0.0930. The highest BCUT2D eigenvalue weighted by molar-refractivity contribution is 5.26. The van der Waals surface area contributed by atoms with Crippen molar-refractivity contribution in [3.8, 4) is 5.75 Å². The summed E-state index contributed by atoms with van der Waals surface area (Å²) in [6, 6.07) is 3.79. The molecule has 15 heavy (non-hydrogen) atoms. The topological polar surface area (TPSA) is 42.4 Å². The Morgan fingerprint density at radius 2 is 2.27 bits per heavy atom. The molecule has 1 aliphatic carbocycles. The van der Waals surface area contributed by atoms with Gasteiger partial charge in [0.25, 0.3) is 0 Å². The zero-order chi connectivity index (χ0) is 11.1. The fraction of sp³-hybridized carbons (Fsp3) is 0.583. The number of aryl methyl sites for hydroxylation is 1. The Morgan fingerprint density at radius 3 is 2.80 bits per heavy atom. The van der Waals surface area contributed by atoms with Crippen molar-refractivity contribution in [2.24, 2.45) is 5.41 Å². The average Bonchev–Trinajstić information content (AvgIpc) is 2.20. The van der Waals surface area contributed by atoms with Gasteiger partial charge in [-0.15, -0.1) is 0 Å². The Morgan fingerprint density at radius 1 is 1.53 bits per heavy atom. The van der Waals surface area contributed by atoms with Crippen LogP contribution in [0.2, 0.25) is 0 Å². The monoisotopic (exact) mass is 207 g/mol. The Labute approximate surface area is 90.1 Å². The number of hydrogen-bond acceptors (Lipinski definition) is 3. The molecule has 2 rings (SSSR count). The minimum atomic E-state index is -0.250. The number of ether oxygens (including phenoxy) is 1. The lowest BCUT2D eigenvalue weighted by Crippen LogP contribution is -2.56. The molecule has 0 saturated heterocycles. The van der Waals surface area contributed by atoms with Gasteiger partial charge in [-0.1, -0.05) is 13.8 Å². The van der Waals surface area contributed by atoms with Crippen molar-refractivity contribution in [2.45, 2.75) is 39.4 Å². The van der Waals surface area contributed by atoms with E-state index in [-0.39, 0.29) is 17.6 Å². The first kappa shape index (κ1) is 10.4. The van der Waals surface area contributed by atoms with Gasteiger partial charge in [0, 0.05) is 18.0 Å². The van der Waals surface area contributed by atoms with Gasteiger partial charge in [-0.2, -0.15) is 0 Å². The van der Waals surface area contributed by atoms with Gasteiger partial charge in [0.05, 0.1) is 11.8 Å². The third-order valence-corrected chi connectivity index (χ3v) is 3.35. The van der Waals surface area contributed by atoms with Gasteiger partial charge in [0.1, 0.15) is 11.9 Å². The van der Waals surface area contributed by atoms with Crippen molar-refractivity contribution in [3.05, 3.63) is 24.0 Å². The molecule has 1 N–H and O–H groups in total. The van der Waals surface area contributed by atoms with Crippen LogP contribution in [0.3, 0.4) is 0 Å². The smallest absolute Gasteiger partial charge is 0.140 e. The van der Waals surface area contributed by atoms with Crippen LogP contribution >= 0.6 is 0 Å². The molecule has 1 fully saturated rings. The standard InChI is InChI=1S/C12H17NO2/c1-8-9(5-4-6-13-8)15-11-7-10(14)12(11,2)3/h4-6,10-11,14H,7H2,1-3H3. The fourth-order valence-electron chi connectivity index (χ4n) is 1.81. The molecule has 3 nitrogen and oxygen atoms in total. The van der Waals surface area contributed by atoms with Gasteiger partial charge in [-0.05, 0) is 19.1 Å². The van der Waals surface area contributed by atoms with Crippen LogP contribution in [0.5, 0.6) is 5.75 Å². The fourth-order valence-corrected chi connectivity index (χ4v) is 1.81. The maximum Gasteiger partial charge on any atom is 0.140 e. The number of nitrogens with zero attached hydrogens (tertiary/aromatic N) is 1. The summed E-state index contributed by atoms with van der Waals surface area (Å²) in [5.41, 5.74) is 0.747. The van der Waals surface area contributed by atoms with Crippen LogP contribution in [0.1, 0.15) is 26.0 Å². The lowest BCUT2D eigenvalue weighted by molar-refractivity contribution is -0.134. The maximum atomic E-state index is 9.60. The van der Waals surface area contributed by atoms with E-state index in [0.29, 0.717) is 6.42 Å². The van der Waals surface area contributed by atoms with Gasteiger partial charge >= 0.3 is 0 Å². The molecule has 1 aliphatic rings. The van der Waals surface area contributed by atoms with Gasteiger partial charge in [-0.3, -0.25) is 4.98 Å². The first-order valence-corrected chi connectivity index (χ1v) is 5.28. The molecule has 0 amide bonds. The molecular weight excluding hydrogens is 190 g/mol. The summed E-state index contributed by atoms with van der Waals surface area (Å²) < 4.78 is 5.84. The van der Waals surface area contributed by atoms with Gasteiger partial charge in [0.2, 0.25) is 0 Å². The normalized spacial score (nSPS) is 28.3. The third kappa shape index (κ3) is 1.72. The Hall–Kier alpha value is -1.09. The average molecular weight is 207 g/mol. The largest absolute Gasteiger partial charge is 0.488 e. The lowest BCUT2D eigenvalue weighted by atomic mass is 9.66. The van der Waals surface area contributed by atoms with Crippen molar-refractivity contribution in [1.29, 1.82) is 0 Å². The Balaban J connectivity index is 2.08. The zero-order valence-corrected chi connectivity index (χ0v) is 9.40. The van der Waals surface area contributed by atoms with E-state index in [1.807, 2.05) is 32.9 Å². The van der Waals surface area contributed by atoms with E-state index in [1.165, 1.54) is 0 Å². The molecule has 2 atom stereocenters. The Bertz CT molecular complexity index is 362. The van der Waals surface area contributed by atoms with Gasteiger partial charge in [-0.25, -0.2) is 0 Å². The maximum absolute atomic E-state index is 9.60. The van der Waals surface area contributed by atoms with Crippen molar-refractivity contribution in [3.63, 3.8) is 0 Å². The molecule has 0 radical (unpaired) electrons. The predicted molar refractivity (Wildman–Crippen MR) is 57.8 cm³/mol. The zero-order valence-electron chi connectivity index (χ0n) is 9.40. The number of aliphatic hydroxyl groups is 1. The third-order valence-electron chi connectivity index (χ3n) is 3.35. The first-order valence-electron chi connectivity index (χ1n) is 5.28. The van der Waals surface area contributed by atoms with Crippen LogP contribution in [0.15, 0.2) is 18.3 Å². The SMILES string of the molecule is Cc1ncccc1OC1CC(O)C1(C)C. The van der Waals surface area contributed by atoms with E-state index in [2.05, 4.69) is 4.98 Å². The van der Waals surface area contributed by atoms with Crippen molar-refractivity contribution in [1.82, 2.24) is 4.98 Å². The number of aliphatic hydroxyl groups excluding tert-OH is 1. The molecule has 1 saturated carbocycles. The molecule has 1 aromatic rings. The molecule has 0 aliphatic heterocycles. The van der Waals surface area contributed by atoms with E-state index in [4.69, 9.17) is 4.74 Å². The second-order valence-electron chi connectivity index (χ2n) is 4.77. The quantitative estimate of drug-likeness (QED) is 0.805. The molecule has 2 unspecified atom stereocenters. The summed E-state index contributed by atoms with van der Waals surface area (Å²) in [7, 11) is 0. The van der Waals surface area contributed by atoms with Crippen LogP contribution in [-0.2, 0) is 0 Å². The molecule has 0 aromatic carbocycles. The number of aromatic nitrogens is 1. The molecule has 0 bridgehead atoms. The summed E-state index contributed by atoms with van der Waals surface area (Å²) >= 11 is 0. The Kier molecular flexibility index (Phi) is 2.43. The summed E-state index contributed by atoms with van der Waals surface area (Å²) in [5, 5.41) is 9.60. The molecule has 1 heterocycles. The molecule has 82 valence electrons. The minimum Gasteiger partial charge on any atom is -0.488 e. The van der Waals surface area contributed by atoms with Gasteiger partial charge in [0.15, 0.2) is 0 Å². The van der Waals surface area contributed by atoms with Crippen molar-refractivity contribution in [2.75, 3.05) is 0 Å². The van der Waals surface area contributed by atoms with E-state index in [1.54, 1.807) is 6.20 Å². The number of rotatable bonds is 2.